The molecule has 2 aromatic rings. The Morgan fingerprint density at radius 2 is 2.26 bits per heavy atom. The highest BCUT2D eigenvalue weighted by Crippen LogP contribution is 2.29. The maximum absolute atomic E-state index is 12.8. The van der Waals surface area contributed by atoms with E-state index >= 15 is 0 Å². The molecule has 2 atom stereocenters. The van der Waals surface area contributed by atoms with E-state index in [0.29, 0.717) is 11.6 Å². The summed E-state index contributed by atoms with van der Waals surface area (Å²) in [6.07, 6.45) is 3.87. The summed E-state index contributed by atoms with van der Waals surface area (Å²) < 4.78 is 0. The molecule has 0 N–H and O–H groups in total. The molecule has 0 radical (unpaired) electrons. The number of thiazole rings is 1. The van der Waals surface area contributed by atoms with E-state index in [0.717, 1.165) is 38.3 Å². The fraction of sp³-hybridized carbons (Fsp3) is 0.500. The molecular weight excluding hydrogens is 310 g/mol. The average Bonchev–Trinajstić information content (AvgIpc) is 2.94. The van der Waals surface area contributed by atoms with Crippen molar-refractivity contribution in [2.24, 2.45) is 5.92 Å². The molecule has 2 bridgehead atoms. The van der Waals surface area contributed by atoms with Gasteiger partial charge in [-0.3, -0.25) is 9.69 Å². The van der Waals surface area contributed by atoms with Gasteiger partial charge in [0.05, 0.1) is 11.2 Å². The highest BCUT2D eigenvalue weighted by Gasteiger charge is 2.37. The van der Waals surface area contributed by atoms with Crippen molar-refractivity contribution in [2.75, 3.05) is 19.6 Å². The van der Waals surface area contributed by atoms with E-state index in [1.54, 1.807) is 29.7 Å². The van der Waals surface area contributed by atoms with Crippen LogP contribution in [0.2, 0.25) is 0 Å². The molecule has 1 amide bonds. The Labute approximate surface area is 139 Å². The van der Waals surface area contributed by atoms with Gasteiger partial charge < -0.3 is 4.90 Å². The molecule has 3 aliphatic rings. The van der Waals surface area contributed by atoms with E-state index in [-0.39, 0.29) is 11.9 Å². The first-order chi connectivity index (χ1) is 11.3. The van der Waals surface area contributed by atoms with Crippen LogP contribution in [0.25, 0.3) is 0 Å². The van der Waals surface area contributed by atoms with Gasteiger partial charge in [0.25, 0.3) is 5.91 Å². The van der Waals surface area contributed by atoms with Crippen LogP contribution >= 0.6 is 11.3 Å². The zero-order valence-electron chi connectivity index (χ0n) is 12.8. The van der Waals surface area contributed by atoms with Gasteiger partial charge in [0.15, 0.2) is 5.69 Å². The lowest BCUT2D eigenvalue weighted by Crippen LogP contribution is -2.47. The lowest BCUT2D eigenvalue weighted by atomic mass is 9.94. The maximum atomic E-state index is 12.8. The van der Waals surface area contributed by atoms with Crippen LogP contribution in [-0.4, -0.2) is 56.6 Å². The van der Waals surface area contributed by atoms with Crippen LogP contribution < -0.4 is 0 Å². The first-order valence-corrected chi connectivity index (χ1v) is 8.92. The molecule has 0 unspecified atom stereocenters. The van der Waals surface area contributed by atoms with Crippen molar-refractivity contribution < 1.29 is 4.79 Å². The van der Waals surface area contributed by atoms with Crippen LogP contribution in [0.15, 0.2) is 29.2 Å². The van der Waals surface area contributed by atoms with Crippen molar-refractivity contribution in [2.45, 2.75) is 25.4 Å². The minimum absolute atomic E-state index is 0.0170. The van der Waals surface area contributed by atoms with E-state index in [1.165, 1.54) is 6.42 Å². The third-order valence-corrected chi connectivity index (χ3v) is 5.35. The lowest BCUT2D eigenvalue weighted by Gasteiger charge is -2.35. The molecule has 0 saturated carbocycles. The Hall–Kier alpha value is -1.86. The van der Waals surface area contributed by atoms with Crippen LogP contribution in [0.5, 0.6) is 0 Å². The summed E-state index contributed by atoms with van der Waals surface area (Å²) in [6, 6.07) is 3.79. The molecule has 7 heteroatoms. The van der Waals surface area contributed by atoms with Gasteiger partial charge in [0, 0.05) is 43.8 Å². The second-order valence-corrected chi connectivity index (χ2v) is 7.06. The largest absolute Gasteiger partial charge is 0.333 e. The van der Waals surface area contributed by atoms with E-state index in [1.807, 2.05) is 10.4 Å². The molecule has 0 aliphatic carbocycles. The first-order valence-electron chi connectivity index (χ1n) is 7.97. The lowest BCUT2D eigenvalue weighted by molar-refractivity contribution is 0.0577. The Morgan fingerprint density at radius 3 is 3.04 bits per heavy atom. The number of fused-ring (bicyclic) bond motifs is 4. The van der Waals surface area contributed by atoms with Crippen LogP contribution in [0.4, 0.5) is 0 Å². The SMILES string of the molecule is O=C(c1cccnn1)N1C[C@H]2CC[C@@H]1CN(Cc1cscn1)C2. The van der Waals surface area contributed by atoms with E-state index in [4.69, 9.17) is 0 Å². The predicted molar refractivity (Wildman–Crippen MR) is 87.0 cm³/mol. The molecule has 3 aliphatic heterocycles. The molecule has 0 aromatic carbocycles. The summed E-state index contributed by atoms with van der Waals surface area (Å²) in [6.45, 7) is 3.66. The standard InChI is InChI=1S/C16H19N5OS/c22-16(15-2-1-5-18-19-15)21-7-12-3-4-14(21)9-20(6-12)8-13-10-23-11-17-13/h1-2,5,10-12,14H,3-4,6-9H2/t12-,14+/m0/s1. The molecule has 3 saturated heterocycles. The summed E-state index contributed by atoms with van der Waals surface area (Å²) in [5.41, 5.74) is 3.46. The number of piperidine rings is 1. The Morgan fingerprint density at radius 1 is 1.30 bits per heavy atom. The number of carbonyl (C=O) groups is 1. The summed E-state index contributed by atoms with van der Waals surface area (Å²) in [4.78, 5) is 21.6. The Bertz CT molecular complexity index is 662. The molecule has 23 heavy (non-hydrogen) atoms. The Balaban J connectivity index is 1.50. The first kappa shape index (κ1) is 14.7. The quantitative estimate of drug-likeness (QED) is 0.857. The van der Waals surface area contributed by atoms with Crippen LogP contribution in [0, 0.1) is 5.92 Å². The smallest absolute Gasteiger partial charge is 0.274 e. The average molecular weight is 329 g/mol. The van der Waals surface area contributed by atoms with Gasteiger partial charge in [-0.05, 0) is 30.9 Å². The number of amides is 1. The predicted octanol–water partition coefficient (Wildman–Crippen LogP) is 1.67. The summed E-state index contributed by atoms with van der Waals surface area (Å²) in [5, 5.41) is 9.93. The van der Waals surface area contributed by atoms with Crippen molar-refractivity contribution in [3.8, 4) is 0 Å². The summed E-state index contributed by atoms with van der Waals surface area (Å²) >= 11 is 1.64. The van der Waals surface area contributed by atoms with E-state index in [9.17, 15) is 4.79 Å². The van der Waals surface area contributed by atoms with Gasteiger partial charge in [-0.15, -0.1) is 16.4 Å². The number of nitrogens with zero attached hydrogens (tertiary/aromatic N) is 5. The highest BCUT2D eigenvalue weighted by atomic mass is 32.1. The molecule has 3 fully saturated rings. The van der Waals surface area contributed by atoms with Gasteiger partial charge in [-0.25, -0.2) is 4.98 Å². The number of carbonyl (C=O) groups excluding carboxylic acids is 1. The number of hydrogen-bond donors (Lipinski definition) is 0. The minimum atomic E-state index is 0.0170. The van der Waals surface area contributed by atoms with Crippen molar-refractivity contribution in [1.29, 1.82) is 0 Å². The van der Waals surface area contributed by atoms with Crippen molar-refractivity contribution in [3.63, 3.8) is 0 Å². The Kier molecular flexibility index (Phi) is 4.05. The molecule has 5 rings (SSSR count). The molecule has 120 valence electrons. The second-order valence-electron chi connectivity index (χ2n) is 6.34. The van der Waals surface area contributed by atoms with E-state index < -0.39 is 0 Å². The monoisotopic (exact) mass is 329 g/mol. The van der Waals surface area contributed by atoms with Gasteiger partial charge >= 0.3 is 0 Å². The summed E-state index contributed by atoms with van der Waals surface area (Å²) in [7, 11) is 0. The second kappa shape index (κ2) is 6.33. The normalized spacial score (nSPS) is 24.6. The molecule has 2 aromatic heterocycles. The van der Waals surface area contributed by atoms with Crippen molar-refractivity contribution in [3.05, 3.63) is 40.6 Å². The van der Waals surface area contributed by atoms with E-state index in [2.05, 4.69) is 25.5 Å². The van der Waals surface area contributed by atoms with Crippen LogP contribution in [-0.2, 0) is 6.54 Å². The van der Waals surface area contributed by atoms with Crippen LogP contribution in [0.1, 0.15) is 29.0 Å². The fourth-order valence-electron chi connectivity index (χ4n) is 3.66. The highest BCUT2D eigenvalue weighted by molar-refractivity contribution is 7.07. The maximum Gasteiger partial charge on any atom is 0.274 e. The third-order valence-electron chi connectivity index (χ3n) is 4.71. The van der Waals surface area contributed by atoms with Crippen molar-refractivity contribution in [1.82, 2.24) is 25.0 Å². The molecular formula is C16H19N5OS. The summed E-state index contributed by atoms with van der Waals surface area (Å²) in [5.74, 6) is 0.552. The molecule has 0 spiro atoms. The van der Waals surface area contributed by atoms with Gasteiger partial charge in [0.2, 0.25) is 0 Å². The van der Waals surface area contributed by atoms with Gasteiger partial charge in [-0.2, -0.15) is 5.10 Å². The minimum Gasteiger partial charge on any atom is -0.333 e. The van der Waals surface area contributed by atoms with Gasteiger partial charge in [0.1, 0.15) is 0 Å². The van der Waals surface area contributed by atoms with Crippen molar-refractivity contribution >= 4 is 17.2 Å². The topological polar surface area (TPSA) is 62.2 Å². The number of rotatable bonds is 3. The molecule has 5 heterocycles. The van der Waals surface area contributed by atoms with Gasteiger partial charge in [-0.1, -0.05) is 0 Å². The number of hydrogen-bond acceptors (Lipinski definition) is 6. The number of aromatic nitrogens is 3. The fourth-order valence-corrected chi connectivity index (χ4v) is 4.21. The zero-order valence-corrected chi connectivity index (χ0v) is 13.7. The zero-order chi connectivity index (χ0) is 15.6. The van der Waals surface area contributed by atoms with Crippen LogP contribution in [0.3, 0.4) is 0 Å². The third kappa shape index (κ3) is 3.11. The molecule has 6 nitrogen and oxygen atoms in total.